The molecule has 1 atom stereocenters. The lowest BCUT2D eigenvalue weighted by atomic mass is 10.0. The quantitative estimate of drug-likeness (QED) is 0.781. The number of hydrogen-bond acceptors (Lipinski definition) is 3. The van der Waals surface area contributed by atoms with Gasteiger partial charge in [0.25, 0.3) is 0 Å². The standard InChI is InChI=1S/C18H30N2O/c1-4-9-19-12-18-14-21-11-10-20(18)13-16-5-7-17(8-6-16)15(2)3/h5-8,15,18-19H,4,9-14H2,1-3H3. The fraction of sp³-hybridized carbons (Fsp3) is 0.667. The molecule has 1 N–H and O–H groups in total. The van der Waals surface area contributed by atoms with E-state index in [0.717, 1.165) is 39.4 Å². The molecule has 1 unspecified atom stereocenters. The predicted octanol–water partition coefficient (Wildman–Crippen LogP) is 3.01. The molecule has 3 nitrogen and oxygen atoms in total. The summed E-state index contributed by atoms with van der Waals surface area (Å²) in [7, 11) is 0. The SMILES string of the molecule is CCCNCC1COCCN1Cc1ccc(C(C)C)cc1. The number of nitrogens with zero attached hydrogens (tertiary/aromatic N) is 1. The van der Waals surface area contributed by atoms with E-state index in [9.17, 15) is 0 Å². The summed E-state index contributed by atoms with van der Waals surface area (Å²) in [5, 5.41) is 3.52. The molecule has 1 aromatic carbocycles. The Bertz CT molecular complexity index is 402. The second-order valence-electron chi connectivity index (χ2n) is 6.30. The van der Waals surface area contributed by atoms with Gasteiger partial charge in [-0.3, -0.25) is 4.90 Å². The van der Waals surface area contributed by atoms with Gasteiger partial charge in [-0.25, -0.2) is 0 Å². The van der Waals surface area contributed by atoms with E-state index in [4.69, 9.17) is 4.74 Å². The third-order valence-corrected chi connectivity index (χ3v) is 4.19. The van der Waals surface area contributed by atoms with Gasteiger partial charge in [-0.15, -0.1) is 0 Å². The molecule has 1 aromatic rings. The Morgan fingerprint density at radius 3 is 2.71 bits per heavy atom. The van der Waals surface area contributed by atoms with Gasteiger partial charge in [0.05, 0.1) is 13.2 Å². The first-order valence-electron chi connectivity index (χ1n) is 8.32. The van der Waals surface area contributed by atoms with Gasteiger partial charge >= 0.3 is 0 Å². The van der Waals surface area contributed by atoms with Crippen molar-refractivity contribution in [2.75, 3.05) is 32.8 Å². The highest BCUT2D eigenvalue weighted by Gasteiger charge is 2.22. The van der Waals surface area contributed by atoms with Crippen LogP contribution >= 0.6 is 0 Å². The average Bonchev–Trinajstić information content (AvgIpc) is 2.50. The van der Waals surface area contributed by atoms with Crippen LogP contribution in [0, 0.1) is 0 Å². The molecule has 0 aliphatic carbocycles. The van der Waals surface area contributed by atoms with Crippen LogP contribution in [0.3, 0.4) is 0 Å². The number of benzene rings is 1. The zero-order valence-corrected chi connectivity index (χ0v) is 13.8. The summed E-state index contributed by atoms with van der Waals surface area (Å²) in [5.74, 6) is 0.605. The fourth-order valence-corrected chi connectivity index (χ4v) is 2.77. The van der Waals surface area contributed by atoms with Gasteiger partial charge in [-0.2, -0.15) is 0 Å². The van der Waals surface area contributed by atoms with Gasteiger partial charge in [-0.1, -0.05) is 45.0 Å². The molecule has 3 heteroatoms. The van der Waals surface area contributed by atoms with Crippen molar-refractivity contribution in [3.8, 4) is 0 Å². The highest BCUT2D eigenvalue weighted by molar-refractivity contribution is 5.24. The molecule has 1 heterocycles. The van der Waals surface area contributed by atoms with Crippen LogP contribution in [0.1, 0.15) is 44.2 Å². The lowest BCUT2D eigenvalue weighted by molar-refractivity contribution is -0.0108. The van der Waals surface area contributed by atoms with Crippen molar-refractivity contribution in [1.29, 1.82) is 0 Å². The van der Waals surface area contributed by atoms with Gasteiger partial charge in [0.2, 0.25) is 0 Å². The van der Waals surface area contributed by atoms with Gasteiger partial charge in [0.15, 0.2) is 0 Å². The molecule has 1 fully saturated rings. The minimum Gasteiger partial charge on any atom is -0.378 e. The Morgan fingerprint density at radius 1 is 1.29 bits per heavy atom. The first-order chi connectivity index (χ1) is 10.2. The number of hydrogen-bond donors (Lipinski definition) is 1. The van der Waals surface area contributed by atoms with Crippen molar-refractivity contribution in [2.24, 2.45) is 0 Å². The van der Waals surface area contributed by atoms with Crippen LogP contribution in [0.25, 0.3) is 0 Å². The van der Waals surface area contributed by atoms with Crippen molar-refractivity contribution in [1.82, 2.24) is 10.2 Å². The maximum Gasteiger partial charge on any atom is 0.0635 e. The molecule has 1 saturated heterocycles. The second-order valence-corrected chi connectivity index (χ2v) is 6.30. The third kappa shape index (κ3) is 5.10. The van der Waals surface area contributed by atoms with Crippen LogP contribution in [0.4, 0.5) is 0 Å². The summed E-state index contributed by atoms with van der Waals surface area (Å²) in [6.45, 7) is 12.6. The summed E-state index contributed by atoms with van der Waals surface area (Å²) in [5.41, 5.74) is 2.82. The molecule has 0 bridgehead atoms. The van der Waals surface area contributed by atoms with Gasteiger partial charge in [-0.05, 0) is 30.0 Å². The topological polar surface area (TPSA) is 24.5 Å². The first-order valence-corrected chi connectivity index (χ1v) is 8.32. The smallest absolute Gasteiger partial charge is 0.0635 e. The Morgan fingerprint density at radius 2 is 2.05 bits per heavy atom. The summed E-state index contributed by atoms with van der Waals surface area (Å²) >= 11 is 0. The number of nitrogens with one attached hydrogen (secondary N) is 1. The van der Waals surface area contributed by atoms with E-state index in [1.165, 1.54) is 17.5 Å². The highest BCUT2D eigenvalue weighted by atomic mass is 16.5. The minimum absolute atomic E-state index is 0.495. The summed E-state index contributed by atoms with van der Waals surface area (Å²) in [6.07, 6.45) is 1.18. The van der Waals surface area contributed by atoms with Crippen molar-refractivity contribution in [3.05, 3.63) is 35.4 Å². The fourth-order valence-electron chi connectivity index (χ4n) is 2.77. The molecule has 0 aromatic heterocycles. The van der Waals surface area contributed by atoms with E-state index in [1.807, 2.05) is 0 Å². The monoisotopic (exact) mass is 290 g/mol. The Balaban J connectivity index is 1.91. The summed E-state index contributed by atoms with van der Waals surface area (Å²) < 4.78 is 5.65. The van der Waals surface area contributed by atoms with Crippen LogP contribution in [0.2, 0.25) is 0 Å². The van der Waals surface area contributed by atoms with Crippen LogP contribution in [0.15, 0.2) is 24.3 Å². The Labute approximate surface area is 129 Å². The Hall–Kier alpha value is -0.900. The zero-order chi connectivity index (χ0) is 15.1. The lowest BCUT2D eigenvalue weighted by Crippen LogP contribution is -2.49. The van der Waals surface area contributed by atoms with E-state index in [1.54, 1.807) is 0 Å². The van der Waals surface area contributed by atoms with Gasteiger partial charge in [0, 0.05) is 25.7 Å². The van der Waals surface area contributed by atoms with Crippen molar-refractivity contribution in [2.45, 2.75) is 45.7 Å². The van der Waals surface area contributed by atoms with E-state index >= 15 is 0 Å². The predicted molar refractivity (Wildman–Crippen MR) is 88.7 cm³/mol. The van der Waals surface area contributed by atoms with Crippen LogP contribution < -0.4 is 5.32 Å². The number of morpholine rings is 1. The molecule has 1 aliphatic heterocycles. The molecule has 118 valence electrons. The van der Waals surface area contributed by atoms with E-state index in [2.05, 4.69) is 55.3 Å². The number of rotatable bonds is 7. The van der Waals surface area contributed by atoms with Crippen molar-refractivity contribution in [3.63, 3.8) is 0 Å². The maximum atomic E-state index is 5.65. The number of ether oxygens (including phenoxy) is 1. The molecule has 0 radical (unpaired) electrons. The van der Waals surface area contributed by atoms with E-state index < -0.39 is 0 Å². The highest BCUT2D eigenvalue weighted by Crippen LogP contribution is 2.17. The molecular formula is C18H30N2O. The Kier molecular flexibility index (Phi) is 6.68. The first kappa shape index (κ1) is 16.5. The van der Waals surface area contributed by atoms with Crippen molar-refractivity contribution < 1.29 is 4.74 Å². The van der Waals surface area contributed by atoms with E-state index in [-0.39, 0.29) is 0 Å². The summed E-state index contributed by atoms with van der Waals surface area (Å²) in [4.78, 5) is 2.55. The second kappa shape index (κ2) is 8.52. The lowest BCUT2D eigenvalue weighted by Gasteiger charge is -2.35. The normalized spacial score (nSPS) is 20.1. The molecule has 21 heavy (non-hydrogen) atoms. The molecule has 0 amide bonds. The maximum absolute atomic E-state index is 5.65. The van der Waals surface area contributed by atoms with Crippen LogP contribution in [-0.4, -0.2) is 43.8 Å². The zero-order valence-electron chi connectivity index (χ0n) is 13.8. The van der Waals surface area contributed by atoms with Crippen LogP contribution in [-0.2, 0) is 11.3 Å². The van der Waals surface area contributed by atoms with Gasteiger partial charge in [0.1, 0.15) is 0 Å². The molecule has 2 rings (SSSR count). The molecule has 1 aliphatic rings. The minimum atomic E-state index is 0.495. The third-order valence-electron chi connectivity index (χ3n) is 4.19. The average molecular weight is 290 g/mol. The summed E-state index contributed by atoms with van der Waals surface area (Å²) in [6, 6.07) is 9.59. The van der Waals surface area contributed by atoms with Crippen molar-refractivity contribution >= 4 is 0 Å². The van der Waals surface area contributed by atoms with Crippen LogP contribution in [0.5, 0.6) is 0 Å². The van der Waals surface area contributed by atoms with Gasteiger partial charge < -0.3 is 10.1 Å². The molecular weight excluding hydrogens is 260 g/mol. The molecule has 0 spiro atoms. The molecule has 0 saturated carbocycles. The largest absolute Gasteiger partial charge is 0.378 e. The van der Waals surface area contributed by atoms with E-state index in [0.29, 0.717) is 12.0 Å².